The molecule has 0 aromatic carbocycles. The summed E-state index contributed by atoms with van der Waals surface area (Å²) in [6.45, 7) is 4.71. The fourth-order valence-corrected chi connectivity index (χ4v) is 3.32. The zero-order chi connectivity index (χ0) is 13.5. The first-order valence-corrected chi connectivity index (χ1v) is 7.06. The summed E-state index contributed by atoms with van der Waals surface area (Å²) in [5.74, 6) is 1.71. The molecule has 102 valence electrons. The zero-order valence-electron chi connectivity index (χ0n) is 11.7. The summed E-state index contributed by atoms with van der Waals surface area (Å²) in [7, 11) is 0. The number of hydrogen-bond acceptors (Lipinski definition) is 4. The monoisotopic (exact) mass is 259 g/mol. The van der Waals surface area contributed by atoms with Crippen LogP contribution >= 0.6 is 0 Å². The number of nitrogens with two attached hydrogens (primary N) is 1. The van der Waals surface area contributed by atoms with E-state index in [2.05, 4.69) is 32.6 Å². The van der Waals surface area contributed by atoms with E-state index in [0.29, 0.717) is 12.3 Å². The van der Waals surface area contributed by atoms with Crippen molar-refractivity contribution in [1.82, 2.24) is 19.6 Å². The molecule has 2 aromatic rings. The number of hydrogen-bond donors (Lipinski definition) is 1. The largest absolute Gasteiger partial charge is 0.329 e. The molecule has 0 spiro atoms. The Bertz CT molecular complexity index is 595. The minimum atomic E-state index is -0.0145. The second-order valence-corrected chi connectivity index (χ2v) is 5.74. The summed E-state index contributed by atoms with van der Waals surface area (Å²) in [4.78, 5) is 4.47. The van der Waals surface area contributed by atoms with Crippen molar-refractivity contribution in [1.29, 1.82) is 0 Å². The lowest BCUT2D eigenvalue weighted by atomic mass is 9.73. The van der Waals surface area contributed by atoms with Crippen LogP contribution in [0.3, 0.4) is 0 Å². The molecule has 0 atom stereocenters. The minimum absolute atomic E-state index is 0.0145. The molecule has 1 aliphatic rings. The van der Waals surface area contributed by atoms with Gasteiger partial charge in [-0.1, -0.05) is 19.3 Å². The number of rotatable bonds is 2. The van der Waals surface area contributed by atoms with Crippen molar-refractivity contribution in [2.24, 2.45) is 5.73 Å². The molecule has 2 aromatic heterocycles. The van der Waals surface area contributed by atoms with Crippen LogP contribution in [0.4, 0.5) is 0 Å². The Kier molecular flexibility index (Phi) is 3.01. The first-order valence-electron chi connectivity index (χ1n) is 7.06. The second kappa shape index (κ2) is 4.56. The summed E-state index contributed by atoms with van der Waals surface area (Å²) in [5.41, 5.74) is 8.21. The molecule has 2 heterocycles. The van der Waals surface area contributed by atoms with Gasteiger partial charge in [0.05, 0.1) is 0 Å². The summed E-state index contributed by atoms with van der Waals surface area (Å²) in [6, 6.07) is 2.08. The van der Waals surface area contributed by atoms with Gasteiger partial charge in [0.1, 0.15) is 5.82 Å². The van der Waals surface area contributed by atoms with E-state index in [4.69, 9.17) is 5.73 Å². The van der Waals surface area contributed by atoms with Crippen LogP contribution < -0.4 is 5.73 Å². The molecule has 1 saturated carbocycles. The summed E-state index contributed by atoms with van der Waals surface area (Å²) in [5, 5.41) is 8.69. The van der Waals surface area contributed by atoms with Gasteiger partial charge in [-0.25, -0.2) is 4.98 Å². The van der Waals surface area contributed by atoms with Crippen molar-refractivity contribution in [3.8, 4) is 0 Å². The maximum absolute atomic E-state index is 6.10. The van der Waals surface area contributed by atoms with E-state index in [1.165, 1.54) is 19.3 Å². The Balaban J connectivity index is 2.19. The minimum Gasteiger partial charge on any atom is -0.329 e. The number of fused-ring (bicyclic) bond motifs is 1. The van der Waals surface area contributed by atoms with Crippen LogP contribution in [0, 0.1) is 13.8 Å². The smallest absolute Gasteiger partial charge is 0.255 e. The molecule has 19 heavy (non-hydrogen) atoms. The Morgan fingerprint density at radius 3 is 2.63 bits per heavy atom. The fraction of sp³-hybridized carbons (Fsp3) is 0.643. The lowest BCUT2D eigenvalue weighted by molar-refractivity contribution is 0.283. The average Bonchev–Trinajstić information content (AvgIpc) is 2.84. The molecule has 1 aliphatic carbocycles. The van der Waals surface area contributed by atoms with Crippen molar-refractivity contribution in [2.75, 3.05) is 6.54 Å². The Morgan fingerprint density at radius 1 is 1.21 bits per heavy atom. The number of nitrogens with zero attached hydrogens (tertiary/aromatic N) is 4. The van der Waals surface area contributed by atoms with Crippen molar-refractivity contribution in [3.05, 3.63) is 23.3 Å². The lowest BCUT2D eigenvalue weighted by Gasteiger charge is -2.34. The van der Waals surface area contributed by atoms with Crippen molar-refractivity contribution >= 4 is 5.78 Å². The first-order chi connectivity index (χ1) is 9.16. The summed E-state index contributed by atoms with van der Waals surface area (Å²) >= 11 is 0. The molecule has 0 radical (unpaired) electrons. The van der Waals surface area contributed by atoms with Crippen LogP contribution in [0.5, 0.6) is 0 Å². The predicted molar refractivity (Wildman–Crippen MR) is 74.1 cm³/mol. The average molecular weight is 259 g/mol. The number of aryl methyl sites for hydroxylation is 2. The second-order valence-electron chi connectivity index (χ2n) is 5.74. The number of aromatic nitrogens is 4. The van der Waals surface area contributed by atoms with Gasteiger partial charge in [0.25, 0.3) is 5.78 Å². The van der Waals surface area contributed by atoms with Gasteiger partial charge in [-0.15, -0.1) is 10.2 Å². The third-order valence-corrected chi connectivity index (χ3v) is 4.37. The van der Waals surface area contributed by atoms with Crippen LogP contribution in [0.1, 0.15) is 49.3 Å². The molecule has 1 fully saturated rings. The van der Waals surface area contributed by atoms with E-state index in [0.717, 1.165) is 30.1 Å². The van der Waals surface area contributed by atoms with Gasteiger partial charge in [0.2, 0.25) is 0 Å². The van der Waals surface area contributed by atoms with Crippen molar-refractivity contribution in [2.45, 2.75) is 51.4 Å². The standard InChI is InChI=1S/C14H21N5/c1-10-8-11(2)19-12(17-18-13(19)16-10)14(9-15)6-4-3-5-7-14/h8H,3-7,9,15H2,1-2H3. The highest BCUT2D eigenvalue weighted by Gasteiger charge is 2.37. The lowest BCUT2D eigenvalue weighted by Crippen LogP contribution is -2.39. The van der Waals surface area contributed by atoms with E-state index in [-0.39, 0.29) is 5.41 Å². The van der Waals surface area contributed by atoms with Gasteiger partial charge >= 0.3 is 0 Å². The van der Waals surface area contributed by atoms with E-state index < -0.39 is 0 Å². The normalized spacial score (nSPS) is 18.9. The Labute approximate surface area is 113 Å². The maximum Gasteiger partial charge on any atom is 0.255 e. The molecule has 5 nitrogen and oxygen atoms in total. The molecule has 0 unspecified atom stereocenters. The molecular formula is C14H21N5. The van der Waals surface area contributed by atoms with E-state index >= 15 is 0 Å². The van der Waals surface area contributed by atoms with Crippen molar-refractivity contribution < 1.29 is 0 Å². The predicted octanol–water partition coefficient (Wildman–Crippen LogP) is 1.90. The van der Waals surface area contributed by atoms with Gasteiger partial charge < -0.3 is 5.73 Å². The van der Waals surface area contributed by atoms with Crippen LogP contribution in [0.25, 0.3) is 5.78 Å². The van der Waals surface area contributed by atoms with E-state index in [9.17, 15) is 0 Å². The van der Waals surface area contributed by atoms with Crippen molar-refractivity contribution in [3.63, 3.8) is 0 Å². The Morgan fingerprint density at radius 2 is 1.95 bits per heavy atom. The maximum atomic E-state index is 6.10. The third kappa shape index (κ3) is 1.92. The van der Waals surface area contributed by atoms with Gasteiger partial charge in [0.15, 0.2) is 0 Å². The van der Waals surface area contributed by atoms with Crippen LogP contribution in [-0.4, -0.2) is 26.1 Å². The van der Waals surface area contributed by atoms with Gasteiger partial charge in [-0.2, -0.15) is 0 Å². The zero-order valence-corrected chi connectivity index (χ0v) is 11.7. The molecule has 5 heteroatoms. The molecule has 3 rings (SSSR count). The topological polar surface area (TPSA) is 69.1 Å². The molecule has 0 bridgehead atoms. The van der Waals surface area contributed by atoms with Gasteiger partial charge in [0, 0.05) is 23.3 Å². The highest BCUT2D eigenvalue weighted by molar-refractivity contribution is 5.35. The van der Waals surface area contributed by atoms with Crippen LogP contribution in [-0.2, 0) is 5.41 Å². The summed E-state index contributed by atoms with van der Waals surface area (Å²) < 4.78 is 2.09. The molecule has 0 amide bonds. The van der Waals surface area contributed by atoms with E-state index in [1.807, 2.05) is 6.92 Å². The fourth-order valence-electron chi connectivity index (χ4n) is 3.32. The Hall–Kier alpha value is -1.49. The molecular weight excluding hydrogens is 238 g/mol. The SMILES string of the molecule is Cc1cc(C)n2c(C3(CN)CCCCC3)nnc2n1. The third-order valence-electron chi connectivity index (χ3n) is 4.37. The van der Waals surface area contributed by atoms with Crippen LogP contribution in [0.2, 0.25) is 0 Å². The van der Waals surface area contributed by atoms with Crippen LogP contribution in [0.15, 0.2) is 6.07 Å². The van der Waals surface area contributed by atoms with E-state index in [1.54, 1.807) is 0 Å². The highest BCUT2D eigenvalue weighted by atomic mass is 15.3. The van der Waals surface area contributed by atoms with Gasteiger partial charge in [-0.3, -0.25) is 4.40 Å². The molecule has 0 saturated heterocycles. The highest BCUT2D eigenvalue weighted by Crippen LogP contribution is 2.37. The quantitative estimate of drug-likeness (QED) is 0.894. The first kappa shape index (κ1) is 12.5. The molecule has 0 aliphatic heterocycles. The summed E-state index contributed by atoms with van der Waals surface area (Å²) in [6.07, 6.45) is 5.97. The molecule has 2 N–H and O–H groups in total. The van der Waals surface area contributed by atoms with Gasteiger partial charge in [-0.05, 0) is 32.8 Å².